The zero-order chi connectivity index (χ0) is 12.3. The molecule has 0 aliphatic rings. The lowest BCUT2D eigenvalue weighted by molar-refractivity contribution is 0.102. The summed E-state index contributed by atoms with van der Waals surface area (Å²) in [6.45, 7) is 1.93. The summed E-state index contributed by atoms with van der Waals surface area (Å²) in [6.07, 6.45) is 3.36. The molecule has 1 aromatic carbocycles. The monoisotopic (exact) mass is 244 g/mol. The molecular weight excluding hydrogens is 232 g/mol. The molecule has 2 rings (SSSR count). The van der Waals surface area contributed by atoms with Gasteiger partial charge in [0, 0.05) is 11.1 Å². The lowest BCUT2D eigenvalue weighted by Crippen LogP contribution is -2.12. The van der Waals surface area contributed by atoms with Gasteiger partial charge in [-0.3, -0.25) is 9.78 Å². The van der Waals surface area contributed by atoms with Gasteiger partial charge in [0.05, 0.1) is 17.4 Å². The predicted molar refractivity (Wildman–Crippen MR) is 70.6 cm³/mol. The Labute approximate surface area is 105 Å². The van der Waals surface area contributed by atoms with Crippen LogP contribution in [0.1, 0.15) is 15.9 Å². The molecule has 0 saturated carbocycles. The minimum Gasteiger partial charge on any atom is -0.321 e. The zero-order valence-corrected chi connectivity index (χ0v) is 10.2. The Kier molecular flexibility index (Phi) is 3.44. The SMILES string of the molecule is Cc1cncc(NC(=O)c2ccccc2S)c1. The maximum absolute atomic E-state index is 12.0. The summed E-state index contributed by atoms with van der Waals surface area (Å²) < 4.78 is 0. The minimum atomic E-state index is -0.178. The lowest BCUT2D eigenvalue weighted by Gasteiger charge is -2.07. The number of carbonyl (C=O) groups is 1. The molecule has 3 nitrogen and oxygen atoms in total. The van der Waals surface area contributed by atoms with Gasteiger partial charge in [-0.25, -0.2) is 0 Å². The van der Waals surface area contributed by atoms with Gasteiger partial charge in [0.1, 0.15) is 0 Å². The number of aromatic nitrogens is 1. The molecule has 0 saturated heterocycles. The summed E-state index contributed by atoms with van der Waals surface area (Å²) >= 11 is 4.25. The molecule has 1 aromatic heterocycles. The van der Waals surface area contributed by atoms with Crippen molar-refractivity contribution in [3.63, 3.8) is 0 Å². The van der Waals surface area contributed by atoms with Crippen LogP contribution in [-0.4, -0.2) is 10.9 Å². The number of thiol groups is 1. The van der Waals surface area contributed by atoms with Crippen LogP contribution in [-0.2, 0) is 0 Å². The summed E-state index contributed by atoms with van der Waals surface area (Å²) in [5.41, 5.74) is 2.24. The summed E-state index contributed by atoms with van der Waals surface area (Å²) in [6, 6.07) is 9.04. The van der Waals surface area contributed by atoms with E-state index in [1.807, 2.05) is 25.1 Å². The summed E-state index contributed by atoms with van der Waals surface area (Å²) in [5, 5.41) is 2.79. The summed E-state index contributed by atoms with van der Waals surface area (Å²) in [4.78, 5) is 16.6. The second kappa shape index (κ2) is 5.01. The van der Waals surface area contributed by atoms with Crippen molar-refractivity contribution in [3.8, 4) is 0 Å². The van der Waals surface area contributed by atoms with Crippen LogP contribution in [0.4, 0.5) is 5.69 Å². The van der Waals surface area contributed by atoms with Crippen LogP contribution in [0.5, 0.6) is 0 Å². The van der Waals surface area contributed by atoms with Gasteiger partial charge in [0.2, 0.25) is 0 Å². The molecule has 0 atom stereocenters. The van der Waals surface area contributed by atoms with E-state index in [0.717, 1.165) is 5.56 Å². The molecule has 1 heterocycles. The number of benzene rings is 1. The van der Waals surface area contributed by atoms with E-state index < -0.39 is 0 Å². The van der Waals surface area contributed by atoms with Crippen molar-refractivity contribution in [1.82, 2.24) is 4.98 Å². The highest BCUT2D eigenvalue weighted by Crippen LogP contribution is 2.15. The first-order chi connectivity index (χ1) is 8.16. The molecule has 1 amide bonds. The average Bonchev–Trinajstić information content (AvgIpc) is 2.29. The van der Waals surface area contributed by atoms with E-state index in [-0.39, 0.29) is 5.91 Å². The molecule has 2 aromatic rings. The predicted octanol–water partition coefficient (Wildman–Crippen LogP) is 2.93. The molecule has 86 valence electrons. The van der Waals surface area contributed by atoms with Crippen LogP contribution in [0.25, 0.3) is 0 Å². The van der Waals surface area contributed by atoms with E-state index in [4.69, 9.17) is 0 Å². The van der Waals surface area contributed by atoms with Crippen LogP contribution in [0, 0.1) is 6.92 Å². The van der Waals surface area contributed by atoms with E-state index in [1.165, 1.54) is 0 Å². The molecule has 0 unspecified atom stereocenters. The fourth-order valence-electron chi connectivity index (χ4n) is 1.49. The number of carbonyl (C=O) groups excluding carboxylic acids is 1. The Bertz CT molecular complexity index is 555. The molecule has 0 bridgehead atoms. The van der Waals surface area contributed by atoms with Crippen LogP contribution in [0.2, 0.25) is 0 Å². The highest BCUT2D eigenvalue weighted by molar-refractivity contribution is 7.80. The standard InChI is InChI=1S/C13H12N2OS/c1-9-6-10(8-14-7-9)15-13(16)11-4-2-3-5-12(11)17/h2-8,17H,1H3,(H,15,16). The van der Waals surface area contributed by atoms with Crippen molar-refractivity contribution in [2.45, 2.75) is 11.8 Å². The van der Waals surface area contributed by atoms with Gasteiger partial charge in [-0.1, -0.05) is 12.1 Å². The molecule has 0 fully saturated rings. The number of hydrogen-bond acceptors (Lipinski definition) is 3. The van der Waals surface area contributed by atoms with Crippen LogP contribution in [0.3, 0.4) is 0 Å². The van der Waals surface area contributed by atoms with Crippen molar-refractivity contribution in [3.05, 3.63) is 53.9 Å². The first-order valence-electron chi connectivity index (χ1n) is 5.18. The van der Waals surface area contributed by atoms with Gasteiger partial charge in [-0.15, -0.1) is 12.6 Å². The molecular formula is C13H12N2OS. The normalized spacial score (nSPS) is 10.0. The quantitative estimate of drug-likeness (QED) is 0.798. The molecule has 1 N–H and O–H groups in total. The van der Waals surface area contributed by atoms with Gasteiger partial charge in [-0.05, 0) is 30.7 Å². The smallest absolute Gasteiger partial charge is 0.256 e. The third-order valence-electron chi connectivity index (χ3n) is 2.28. The number of aryl methyl sites for hydroxylation is 1. The van der Waals surface area contributed by atoms with E-state index >= 15 is 0 Å². The number of hydrogen-bond donors (Lipinski definition) is 2. The molecule has 17 heavy (non-hydrogen) atoms. The van der Waals surface area contributed by atoms with E-state index in [9.17, 15) is 4.79 Å². The van der Waals surface area contributed by atoms with Crippen molar-refractivity contribution in [2.24, 2.45) is 0 Å². The molecule has 0 aliphatic carbocycles. The summed E-state index contributed by atoms with van der Waals surface area (Å²) in [7, 11) is 0. The van der Waals surface area contributed by atoms with Gasteiger partial charge in [-0.2, -0.15) is 0 Å². The number of nitrogens with zero attached hydrogens (tertiary/aromatic N) is 1. The van der Waals surface area contributed by atoms with Crippen molar-refractivity contribution < 1.29 is 4.79 Å². The number of nitrogens with one attached hydrogen (secondary N) is 1. The maximum atomic E-state index is 12.0. The van der Waals surface area contributed by atoms with Crippen LogP contribution < -0.4 is 5.32 Å². The topological polar surface area (TPSA) is 42.0 Å². The van der Waals surface area contributed by atoms with Crippen molar-refractivity contribution in [2.75, 3.05) is 5.32 Å². The number of amides is 1. The Balaban J connectivity index is 2.20. The largest absolute Gasteiger partial charge is 0.321 e. The van der Waals surface area contributed by atoms with E-state index in [1.54, 1.807) is 24.5 Å². The van der Waals surface area contributed by atoms with Crippen LogP contribution >= 0.6 is 12.6 Å². The molecule has 4 heteroatoms. The van der Waals surface area contributed by atoms with E-state index in [0.29, 0.717) is 16.1 Å². The Morgan fingerprint density at radius 1 is 1.29 bits per heavy atom. The Morgan fingerprint density at radius 2 is 2.06 bits per heavy atom. The highest BCUT2D eigenvalue weighted by Gasteiger charge is 2.08. The first-order valence-corrected chi connectivity index (χ1v) is 5.62. The summed E-state index contributed by atoms with van der Waals surface area (Å²) in [5.74, 6) is -0.178. The Hall–Kier alpha value is -1.81. The van der Waals surface area contributed by atoms with Crippen molar-refractivity contribution in [1.29, 1.82) is 0 Å². The molecule has 0 spiro atoms. The molecule has 0 radical (unpaired) electrons. The highest BCUT2D eigenvalue weighted by atomic mass is 32.1. The van der Waals surface area contributed by atoms with Gasteiger partial charge >= 0.3 is 0 Å². The van der Waals surface area contributed by atoms with Gasteiger partial charge < -0.3 is 5.32 Å². The van der Waals surface area contributed by atoms with Gasteiger partial charge in [0.15, 0.2) is 0 Å². The van der Waals surface area contributed by atoms with E-state index in [2.05, 4.69) is 22.9 Å². The van der Waals surface area contributed by atoms with Crippen molar-refractivity contribution >= 4 is 24.2 Å². The third kappa shape index (κ3) is 2.85. The Morgan fingerprint density at radius 3 is 2.76 bits per heavy atom. The van der Waals surface area contributed by atoms with Gasteiger partial charge in [0.25, 0.3) is 5.91 Å². The minimum absolute atomic E-state index is 0.178. The number of rotatable bonds is 2. The van der Waals surface area contributed by atoms with Crippen LogP contribution in [0.15, 0.2) is 47.6 Å². The lowest BCUT2D eigenvalue weighted by atomic mass is 10.2. The number of pyridine rings is 1. The second-order valence-corrected chi connectivity index (χ2v) is 4.20. The average molecular weight is 244 g/mol. The fourth-order valence-corrected chi connectivity index (χ4v) is 1.75. The zero-order valence-electron chi connectivity index (χ0n) is 9.34. The fraction of sp³-hybridized carbons (Fsp3) is 0.0769. The molecule has 0 aliphatic heterocycles. The number of anilines is 1. The maximum Gasteiger partial charge on any atom is 0.256 e. The third-order valence-corrected chi connectivity index (χ3v) is 2.67. The second-order valence-electron chi connectivity index (χ2n) is 3.72. The first kappa shape index (κ1) is 11.7.